The summed E-state index contributed by atoms with van der Waals surface area (Å²) in [5.41, 5.74) is 2.39. The summed E-state index contributed by atoms with van der Waals surface area (Å²) in [6, 6.07) is 3.81. The molecule has 0 amide bonds. The molecule has 0 aromatic heterocycles. The van der Waals surface area contributed by atoms with Crippen LogP contribution in [-0.4, -0.2) is 11.6 Å². The summed E-state index contributed by atoms with van der Waals surface area (Å²) in [5, 5.41) is 0. The molecule has 3 rings (SSSR count). The Balaban J connectivity index is 1.97. The lowest BCUT2D eigenvalue weighted by molar-refractivity contribution is -0.131. The summed E-state index contributed by atoms with van der Waals surface area (Å²) in [6.45, 7) is 5.72. The highest BCUT2D eigenvalue weighted by atomic mass is 16.5. The second-order valence-electron chi connectivity index (χ2n) is 6.37. The zero-order chi connectivity index (χ0) is 14.3. The molecule has 3 heteroatoms. The Morgan fingerprint density at radius 2 is 2.20 bits per heavy atom. The van der Waals surface area contributed by atoms with E-state index in [-0.39, 0.29) is 11.6 Å². The third-order valence-corrected chi connectivity index (χ3v) is 4.80. The minimum atomic E-state index is -0.290. The molecule has 0 spiro atoms. The number of hydrogen-bond acceptors (Lipinski definition) is 3. The molecule has 0 radical (unpaired) electrons. The van der Waals surface area contributed by atoms with Gasteiger partial charge in [-0.1, -0.05) is 6.42 Å². The van der Waals surface area contributed by atoms with Gasteiger partial charge in [0.25, 0.3) is 0 Å². The van der Waals surface area contributed by atoms with Crippen molar-refractivity contribution >= 4 is 5.97 Å². The molecule has 0 N–H and O–H groups in total. The molecule has 0 saturated heterocycles. The third-order valence-electron chi connectivity index (χ3n) is 4.80. The summed E-state index contributed by atoms with van der Waals surface area (Å²) in [4.78, 5) is 11.1. The van der Waals surface area contributed by atoms with Crippen LogP contribution in [0.3, 0.4) is 0 Å². The van der Waals surface area contributed by atoms with E-state index in [9.17, 15) is 4.79 Å². The molecule has 1 saturated carbocycles. The number of ether oxygens (including phenoxy) is 2. The number of fused-ring (bicyclic) bond motifs is 2. The fourth-order valence-electron chi connectivity index (χ4n) is 3.66. The van der Waals surface area contributed by atoms with E-state index in [4.69, 9.17) is 9.47 Å². The lowest BCUT2D eigenvalue weighted by atomic mass is 9.71. The third kappa shape index (κ3) is 2.30. The van der Waals surface area contributed by atoms with E-state index >= 15 is 0 Å². The van der Waals surface area contributed by atoms with Crippen LogP contribution in [0.25, 0.3) is 0 Å². The Hall–Kier alpha value is -1.51. The molecule has 1 aromatic rings. The van der Waals surface area contributed by atoms with Gasteiger partial charge in [0.1, 0.15) is 17.1 Å². The molecule has 2 aliphatic rings. The normalized spacial score (nSPS) is 28.1. The maximum Gasteiger partial charge on any atom is 0.308 e. The number of carbonyl (C=O) groups excluding carboxylic acids is 1. The van der Waals surface area contributed by atoms with Gasteiger partial charge in [-0.2, -0.15) is 0 Å². The van der Waals surface area contributed by atoms with E-state index < -0.39 is 0 Å². The molecule has 0 unspecified atom stereocenters. The Labute approximate surface area is 120 Å². The van der Waals surface area contributed by atoms with Crippen molar-refractivity contribution in [2.24, 2.45) is 5.92 Å². The second kappa shape index (κ2) is 4.80. The van der Waals surface area contributed by atoms with Gasteiger partial charge in [-0.15, -0.1) is 0 Å². The first-order chi connectivity index (χ1) is 9.48. The van der Waals surface area contributed by atoms with Gasteiger partial charge in [-0.3, -0.25) is 4.79 Å². The Morgan fingerprint density at radius 1 is 1.40 bits per heavy atom. The van der Waals surface area contributed by atoms with Crippen molar-refractivity contribution in [2.75, 3.05) is 0 Å². The van der Waals surface area contributed by atoms with Crippen molar-refractivity contribution in [1.29, 1.82) is 0 Å². The zero-order valence-electron chi connectivity index (χ0n) is 12.5. The highest BCUT2D eigenvalue weighted by Crippen LogP contribution is 2.46. The second-order valence-corrected chi connectivity index (χ2v) is 6.37. The number of esters is 1. The highest BCUT2D eigenvalue weighted by Gasteiger charge is 2.42. The van der Waals surface area contributed by atoms with Crippen molar-refractivity contribution in [2.45, 2.75) is 58.5 Å². The van der Waals surface area contributed by atoms with Gasteiger partial charge < -0.3 is 9.47 Å². The van der Waals surface area contributed by atoms with E-state index in [1.807, 2.05) is 12.1 Å². The first kappa shape index (κ1) is 13.5. The standard InChI is InChI=1S/C17H22O3/c1-11-8-14(19-12(2)18)10-16-15(11)9-13-6-4-5-7-17(13,3)20-16/h8,10,13H,4-7,9H2,1-3H3/t13-,17-/m1/s1. The van der Waals surface area contributed by atoms with E-state index in [0.29, 0.717) is 11.7 Å². The zero-order valence-corrected chi connectivity index (χ0v) is 12.5. The molecule has 1 aliphatic carbocycles. The molecule has 0 bridgehead atoms. The van der Waals surface area contributed by atoms with Gasteiger partial charge in [-0.05, 0) is 56.7 Å². The molecule has 108 valence electrons. The number of benzene rings is 1. The predicted octanol–water partition coefficient (Wildman–Crippen LogP) is 3.80. The molecule has 2 atom stereocenters. The number of hydrogen-bond donors (Lipinski definition) is 0. The van der Waals surface area contributed by atoms with Gasteiger partial charge in [0.2, 0.25) is 0 Å². The Bertz CT molecular complexity index is 549. The van der Waals surface area contributed by atoms with E-state index in [0.717, 1.165) is 24.2 Å². The van der Waals surface area contributed by atoms with Crippen LogP contribution in [0.4, 0.5) is 0 Å². The minimum absolute atomic E-state index is 0.0491. The molecule has 1 fully saturated rings. The highest BCUT2D eigenvalue weighted by molar-refractivity contribution is 5.69. The quantitative estimate of drug-likeness (QED) is 0.577. The number of aryl methyl sites for hydroxylation is 1. The maximum absolute atomic E-state index is 11.1. The smallest absolute Gasteiger partial charge is 0.308 e. The lowest BCUT2D eigenvalue weighted by Gasteiger charge is -2.46. The summed E-state index contributed by atoms with van der Waals surface area (Å²) in [5.74, 6) is 1.82. The van der Waals surface area contributed by atoms with Crippen LogP contribution in [0.5, 0.6) is 11.5 Å². The van der Waals surface area contributed by atoms with Gasteiger partial charge in [0.05, 0.1) is 0 Å². The minimum Gasteiger partial charge on any atom is -0.487 e. The van der Waals surface area contributed by atoms with Gasteiger partial charge in [-0.25, -0.2) is 0 Å². The van der Waals surface area contributed by atoms with Crippen LogP contribution >= 0.6 is 0 Å². The fourth-order valence-corrected chi connectivity index (χ4v) is 3.66. The van der Waals surface area contributed by atoms with Gasteiger partial charge >= 0.3 is 5.97 Å². The summed E-state index contributed by atoms with van der Waals surface area (Å²) in [7, 11) is 0. The molecule has 20 heavy (non-hydrogen) atoms. The van der Waals surface area contributed by atoms with Gasteiger partial charge in [0.15, 0.2) is 0 Å². The average molecular weight is 274 g/mol. The van der Waals surface area contributed by atoms with Crippen molar-refractivity contribution in [3.63, 3.8) is 0 Å². The van der Waals surface area contributed by atoms with Crippen LogP contribution in [0.15, 0.2) is 12.1 Å². The number of carbonyl (C=O) groups is 1. The van der Waals surface area contributed by atoms with E-state index in [1.165, 1.54) is 31.7 Å². The fraction of sp³-hybridized carbons (Fsp3) is 0.588. The van der Waals surface area contributed by atoms with Crippen LogP contribution in [0.1, 0.15) is 50.7 Å². The maximum atomic E-state index is 11.1. The molecular formula is C17H22O3. The first-order valence-corrected chi connectivity index (χ1v) is 7.49. The Kier molecular flexibility index (Phi) is 3.23. The predicted molar refractivity (Wildman–Crippen MR) is 77.2 cm³/mol. The summed E-state index contributed by atoms with van der Waals surface area (Å²) in [6.07, 6.45) is 6.00. The van der Waals surface area contributed by atoms with E-state index in [1.54, 1.807) is 0 Å². The van der Waals surface area contributed by atoms with Crippen molar-refractivity contribution < 1.29 is 14.3 Å². The molecule has 1 aromatic carbocycles. The van der Waals surface area contributed by atoms with Gasteiger partial charge in [0, 0.05) is 18.9 Å². The first-order valence-electron chi connectivity index (χ1n) is 7.49. The average Bonchev–Trinajstić information content (AvgIpc) is 2.35. The molecule has 3 nitrogen and oxygen atoms in total. The topological polar surface area (TPSA) is 35.5 Å². The van der Waals surface area contributed by atoms with Crippen molar-refractivity contribution in [3.8, 4) is 11.5 Å². The van der Waals surface area contributed by atoms with Crippen LogP contribution in [0, 0.1) is 12.8 Å². The Morgan fingerprint density at radius 3 is 2.95 bits per heavy atom. The SMILES string of the molecule is CC(=O)Oc1cc(C)c2c(c1)O[C@]1(C)CCCC[C@@H]1C2. The molecular weight excluding hydrogens is 252 g/mol. The van der Waals surface area contributed by atoms with E-state index in [2.05, 4.69) is 13.8 Å². The molecule has 1 aliphatic heterocycles. The molecule has 1 heterocycles. The van der Waals surface area contributed by atoms with Crippen LogP contribution in [-0.2, 0) is 11.2 Å². The lowest BCUT2D eigenvalue weighted by Crippen LogP contribution is -2.47. The largest absolute Gasteiger partial charge is 0.487 e. The summed E-state index contributed by atoms with van der Waals surface area (Å²) >= 11 is 0. The monoisotopic (exact) mass is 274 g/mol. The van der Waals surface area contributed by atoms with Crippen molar-refractivity contribution in [3.05, 3.63) is 23.3 Å². The van der Waals surface area contributed by atoms with Crippen molar-refractivity contribution in [1.82, 2.24) is 0 Å². The van der Waals surface area contributed by atoms with Crippen LogP contribution in [0.2, 0.25) is 0 Å². The number of rotatable bonds is 1. The van der Waals surface area contributed by atoms with Crippen LogP contribution < -0.4 is 9.47 Å². The summed E-state index contributed by atoms with van der Waals surface area (Å²) < 4.78 is 11.5.